The van der Waals surface area contributed by atoms with Gasteiger partial charge in [-0.15, -0.1) is 0 Å². The molecule has 1 N–H and O–H groups in total. The number of methoxy groups -OCH3 is 1. The zero-order valence-corrected chi connectivity index (χ0v) is 16.1. The van der Waals surface area contributed by atoms with Gasteiger partial charge in [-0.2, -0.15) is 0 Å². The molecule has 4 rings (SSSR count). The molecular formula is C21H22N4O4. The average molecular weight is 394 g/mol. The van der Waals surface area contributed by atoms with Crippen molar-refractivity contribution >= 4 is 22.4 Å². The predicted octanol–water partition coefficient (Wildman–Crippen LogP) is 1.05. The molecule has 3 aromatic rings. The van der Waals surface area contributed by atoms with Crippen LogP contribution in [0.3, 0.4) is 0 Å². The van der Waals surface area contributed by atoms with E-state index in [9.17, 15) is 14.4 Å². The smallest absolute Gasteiger partial charge is 0.273 e. The largest absolute Gasteiger partial charge is 0.497 e. The summed E-state index contributed by atoms with van der Waals surface area (Å²) in [5.74, 6) is 0.601. The third kappa shape index (κ3) is 3.73. The number of nitrogens with zero attached hydrogens (tertiary/aromatic N) is 3. The second kappa shape index (κ2) is 7.83. The average Bonchev–Trinajstić information content (AvgIpc) is 2.77. The van der Waals surface area contributed by atoms with Crippen molar-refractivity contribution in [1.29, 1.82) is 0 Å². The van der Waals surface area contributed by atoms with Gasteiger partial charge >= 0.3 is 0 Å². The molecule has 1 aromatic heterocycles. The number of piperazine rings is 1. The number of rotatable bonds is 4. The van der Waals surface area contributed by atoms with Crippen LogP contribution in [0.25, 0.3) is 10.8 Å². The van der Waals surface area contributed by atoms with Gasteiger partial charge in [-0.1, -0.05) is 18.2 Å². The molecule has 8 heteroatoms. The number of nitrogens with one attached hydrogen (secondary N) is 1. The van der Waals surface area contributed by atoms with Crippen molar-refractivity contribution in [3.05, 3.63) is 69.2 Å². The molecule has 0 bridgehead atoms. The summed E-state index contributed by atoms with van der Waals surface area (Å²) in [7, 11) is 1.63. The maximum Gasteiger partial charge on any atom is 0.273 e. The van der Waals surface area contributed by atoms with Crippen molar-refractivity contribution in [2.75, 3.05) is 38.2 Å². The summed E-state index contributed by atoms with van der Waals surface area (Å²) in [5, 5.41) is 3.15. The standard InChI is InChI=1S/C21H22N4O4/c1-29-16-6-4-5-15(13-16)23-9-11-24(12-10-23)19(26)14-25-21(28)18-8-3-2-7-17(18)20(27)22-25/h2-8,13H,9-12,14H2,1H3,(H,22,27). The van der Waals surface area contributed by atoms with Gasteiger partial charge in [0, 0.05) is 37.9 Å². The van der Waals surface area contributed by atoms with Gasteiger partial charge < -0.3 is 14.5 Å². The molecule has 0 saturated carbocycles. The van der Waals surface area contributed by atoms with Crippen molar-refractivity contribution in [2.45, 2.75) is 6.54 Å². The number of benzene rings is 2. The fourth-order valence-corrected chi connectivity index (χ4v) is 3.61. The number of carbonyl (C=O) groups excluding carboxylic acids is 1. The van der Waals surface area contributed by atoms with Crippen molar-refractivity contribution in [3.63, 3.8) is 0 Å². The van der Waals surface area contributed by atoms with E-state index in [0.29, 0.717) is 37.0 Å². The molecule has 1 amide bonds. The van der Waals surface area contributed by atoms with Gasteiger partial charge in [0.05, 0.1) is 17.9 Å². The summed E-state index contributed by atoms with van der Waals surface area (Å²) in [4.78, 5) is 41.4. The maximum absolute atomic E-state index is 12.7. The molecule has 1 aliphatic rings. The minimum Gasteiger partial charge on any atom is -0.497 e. The molecule has 1 aliphatic heterocycles. The van der Waals surface area contributed by atoms with Gasteiger partial charge in [0.25, 0.3) is 11.1 Å². The number of aromatic nitrogens is 2. The number of fused-ring (bicyclic) bond motifs is 1. The molecule has 0 radical (unpaired) electrons. The van der Waals surface area contributed by atoms with E-state index in [1.165, 1.54) is 0 Å². The zero-order chi connectivity index (χ0) is 20.4. The first-order valence-corrected chi connectivity index (χ1v) is 9.45. The van der Waals surface area contributed by atoms with E-state index in [4.69, 9.17) is 4.74 Å². The SMILES string of the molecule is COc1cccc(N2CCN(C(=O)Cn3[nH]c(=O)c4ccccc4c3=O)CC2)c1. The lowest BCUT2D eigenvalue weighted by Crippen LogP contribution is -2.50. The van der Waals surface area contributed by atoms with Crippen LogP contribution in [0.15, 0.2) is 58.1 Å². The van der Waals surface area contributed by atoms with Gasteiger partial charge in [-0.3, -0.25) is 19.5 Å². The van der Waals surface area contributed by atoms with E-state index in [0.717, 1.165) is 16.1 Å². The van der Waals surface area contributed by atoms with Crippen LogP contribution in [0.5, 0.6) is 5.75 Å². The molecule has 0 aliphatic carbocycles. The summed E-state index contributed by atoms with van der Waals surface area (Å²) in [6.07, 6.45) is 0. The minimum absolute atomic E-state index is 0.182. The Morgan fingerprint density at radius 1 is 1.00 bits per heavy atom. The van der Waals surface area contributed by atoms with Crippen molar-refractivity contribution < 1.29 is 9.53 Å². The third-order valence-electron chi connectivity index (χ3n) is 5.23. The Hall–Kier alpha value is -3.55. The zero-order valence-electron chi connectivity index (χ0n) is 16.1. The molecule has 1 saturated heterocycles. The first-order valence-electron chi connectivity index (χ1n) is 9.45. The number of hydrogen-bond donors (Lipinski definition) is 1. The van der Waals surface area contributed by atoms with Gasteiger partial charge in [0.1, 0.15) is 12.3 Å². The van der Waals surface area contributed by atoms with Gasteiger partial charge in [-0.25, -0.2) is 4.68 Å². The van der Waals surface area contributed by atoms with Crippen molar-refractivity contribution in [3.8, 4) is 5.75 Å². The molecule has 29 heavy (non-hydrogen) atoms. The third-order valence-corrected chi connectivity index (χ3v) is 5.23. The summed E-state index contributed by atoms with van der Waals surface area (Å²) in [5.41, 5.74) is 0.297. The molecule has 2 heterocycles. The highest BCUT2D eigenvalue weighted by Crippen LogP contribution is 2.22. The van der Waals surface area contributed by atoms with Crippen LogP contribution >= 0.6 is 0 Å². The van der Waals surface area contributed by atoms with E-state index in [1.807, 2.05) is 24.3 Å². The van der Waals surface area contributed by atoms with E-state index >= 15 is 0 Å². The Morgan fingerprint density at radius 2 is 1.72 bits per heavy atom. The van der Waals surface area contributed by atoms with Crippen LogP contribution in [0, 0.1) is 0 Å². The van der Waals surface area contributed by atoms with E-state index in [1.54, 1.807) is 36.3 Å². The molecule has 0 atom stereocenters. The number of aromatic amines is 1. The number of amides is 1. The lowest BCUT2D eigenvalue weighted by Gasteiger charge is -2.36. The summed E-state index contributed by atoms with van der Waals surface area (Å²) in [6.45, 7) is 2.27. The van der Waals surface area contributed by atoms with E-state index < -0.39 is 0 Å². The van der Waals surface area contributed by atoms with Gasteiger partial charge in [-0.05, 0) is 24.3 Å². The molecule has 2 aromatic carbocycles. The molecule has 1 fully saturated rings. The van der Waals surface area contributed by atoms with E-state index in [2.05, 4.69) is 10.00 Å². The maximum atomic E-state index is 12.7. The van der Waals surface area contributed by atoms with Crippen LogP contribution < -0.4 is 20.8 Å². The quantitative estimate of drug-likeness (QED) is 0.715. The highest BCUT2D eigenvalue weighted by Gasteiger charge is 2.22. The molecule has 150 valence electrons. The first-order chi connectivity index (χ1) is 14.1. The van der Waals surface area contributed by atoms with E-state index in [-0.39, 0.29) is 23.6 Å². The number of carbonyl (C=O) groups is 1. The lowest BCUT2D eigenvalue weighted by molar-refractivity contribution is -0.132. The summed E-state index contributed by atoms with van der Waals surface area (Å²) in [6, 6.07) is 14.4. The lowest BCUT2D eigenvalue weighted by atomic mass is 10.2. The number of ether oxygens (including phenoxy) is 1. The highest BCUT2D eigenvalue weighted by molar-refractivity contribution is 5.81. The van der Waals surface area contributed by atoms with Gasteiger partial charge in [0.15, 0.2) is 0 Å². The topological polar surface area (TPSA) is 87.6 Å². The molecule has 0 spiro atoms. The van der Waals surface area contributed by atoms with Gasteiger partial charge in [0.2, 0.25) is 5.91 Å². The monoisotopic (exact) mass is 394 g/mol. The van der Waals surface area contributed by atoms with Crippen LogP contribution in [0.4, 0.5) is 5.69 Å². The number of hydrogen-bond acceptors (Lipinski definition) is 5. The van der Waals surface area contributed by atoms with Crippen LogP contribution in [-0.2, 0) is 11.3 Å². The Labute approximate surface area is 166 Å². The second-order valence-corrected chi connectivity index (χ2v) is 6.95. The van der Waals surface area contributed by atoms with Crippen LogP contribution in [-0.4, -0.2) is 53.9 Å². The number of anilines is 1. The van der Waals surface area contributed by atoms with Crippen LogP contribution in [0.2, 0.25) is 0 Å². The first kappa shape index (κ1) is 18.8. The molecular weight excluding hydrogens is 372 g/mol. The second-order valence-electron chi connectivity index (χ2n) is 6.95. The van der Waals surface area contributed by atoms with Crippen LogP contribution in [0.1, 0.15) is 0 Å². The Balaban J connectivity index is 1.45. The Morgan fingerprint density at radius 3 is 2.45 bits per heavy atom. The summed E-state index contributed by atoms with van der Waals surface area (Å²) >= 11 is 0. The fourth-order valence-electron chi connectivity index (χ4n) is 3.61. The normalized spacial score (nSPS) is 14.2. The predicted molar refractivity (Wildman–Crippen MR) is 111 cm³/mol. The fraction of sp³-hybridized carbons (Fsp3) is 0.286. The Kier molecular flexibility index (Phi) is 5.07. The Bertz CT molecular complexity index is 1160. The molecule has 0 unspecified atom stereocenters. The van der Waals surface area contributed by atoms with Crippen molar-refractivity contribution in [2.24, 2.45) is 0 Å². The molecule has 8 nitrogen and oxygen atoms in total. The van der Waals surface area contributed by atoms with Crippen molar-refractivity contribution in [1.82, 2.24) is 14.7 Å². The number of H-pyrrole nitrogens is 1. The summed E-state index contributed by atoms with van der Waals surface area (Å²) < 4.78 is 6.37. The minimum atomic E-state index is -0.379. The highest BCUT2D eigenvalue weighted by atomic mass is 16.5.